The van der Waals surface area contributed by atoms with Gasteiger partial charge in [0.2, 0.25) is 0 Å². The Morgan fingerprint density at radius 3 is 2.58 bits per heavy atom. The van der Waals surface area contributed by atoms with E-state index >= 15 is 0 Å². The quantitative estimate of drug-likeness (QED) is 0.814. The monoisotopic (exact) mass is 357 g/mol. The molecule has 1 fully saturated rings. The third-order valence-electron chi connectivity index (χ3n) is 4.38. The van der Waals surface area contributed by atoms with Gasteiger partial charge in [-0.15, -0.1) is 0 Å². The second-order valence-corrected chi connectivity index (χ2v) is 6.26. The highest BCUT2D eigenvalue weighted by molar-refractivity contribution is 5.93. The van der Waals surface area contributed by atoms with Crippen LogP contribution < -0.4 is 10.2 Å². The lowest BCUT2D eigenvalue weighted by Gasteiger charge is -2.33. The zero-order valence-corrected chi connectivity index (χ0v) is 15.0. The molecule has 8 heteroatoms. The lowest BCUT2D eigenvalue weighted by molar-refractivity contribution is 0.0525. The van der Waals surface area contributed by atoms with Crippen LogP contribution in [0, 0.1) is 0 Å². The summed E-state index contributed by atoms with van der Waals surface area (Å²) in [6.45, 7) is 3.71. The van der Waals surface area contributed by atoms with Crippen LogP contribution in [0.15, 0.2) is 30.7 Å². The number of piperidine rings is 1. The van der Waals surface area contributed by atoms with Gasteiger partial charge in [-0.2, -0.15) is 5.10 Å². The zero-order valence-electron chi connectivity index (χ0n) is 15.0. The van der Waals surface area contributed by atoms with E-state index in [0.717, 1.165) is 31.7 Å². The number of aryl methyl sites for hydroxylation is 1. The average molecular weight is 357 g/mol. The molecule has 0 spiro atoms. The maximum atomic E-state index is 12.2. The van der Waals surface area contributed by atoms with Crippen molar-refractivity contribution < 1.29 is 14.3 Å². The van der Waals surface area contributed by atoms with Crippen molar-refractivity contribution in [1.29, 1.82) is 0 Å². The van der Waals surface area contributed by atoms with Gasteiger partial charge in [0.15, 0.2) is 0 Å². The van der Waals surface area contributed by atoms with Gasteiger partial charge in [0.1, 0.15) is 5.82 Å². The summed E-state index contributed by atoms with van der Waals surface area (Å²) in [5.74, 6) is 0.381. The summed E-state index contributed by atoms with van der Waals surface area (Å²) in [6.07, 6.45) is 6.50. The van der Waals surface area contributed by atoms with Gasteiger partial charge < -0.3 is 15.0 Å². The molecular weight excluding hydrogens is 334 g/mol. The van der Waals surface area contributed by atoms with Crippen LogP contribution in [0.25, 0.3) is 0 Å². The minimum absolute atomic E-state index is 0.0894. The average Bonchev–Trinajstić information content (AvgIpc) is 3.09. The molecule has 0 bridgehead atoms. The molecule has 0 unspecified atom stereocenters. The number of hydrogen-bond acceptors (Lipinski definition) is 6. The van der Waals surface area contributed by atoms with Crippen molar-refractivity contribution in [3.63, 3.8) is 0 Å². The Kier molecular flexibility index (Phi) is 5.50. The number of nitrogens with one attached hydrogen (secondary N) is 1. The molecule has 0 saturated carbocycles. The van der Waals surface area contributed by atoms with Crippen LogP contribution in [0.3, 0.4) is 0 Å². The van der Waals surface area contributed by atoms with Crippen LogP contribution in [0.2, 0.25) is 0 Å². The topological polar surface area (TPSA) is 89.4 Å². The maximum absolute atomic E-state index is 12.2. The first-order valence-electron chi connectivity index (χ1n) is 8.74. The van der Waals surface area contributed by atoms with Crippen molar-refractivity contribution in [2.75, 3.05) is 24.6 Å². The molecule has 1 aliphatic heterocycles. The summed E-state index contributed by atoms with van der Waals surface area (Å²) in [5.41, 5.74) is 1.03. The normalized spacial score (nSPS) is 14.9. The Morgan fingerprint density at radius 2 is 2.00 bits per heavy atom. The smallest absolute Gasteiger partial charge is 0.339 e. The molecule has 1 aliphatic rings. The number of carbonyl (C=O) groups is 2. The first kappa shape index (κ1) is 17.9. The Hall–Kier alpha value is -2.90. The summed E-state index contributed by atoms with van der Waals surface area (Å²) < 4.78 is 6.58. The predicted molar refractivity (Wildman–Crippen MR) is 96.1 cm³/mol. The molecule has 0 radical (unpaired) electrons. The summed E-state index contributed by atoms with van der Waals surface area (Å²) >= 11 is 0. The van der Waals surface area contributed by atoms with Gasteiger partial charge in [0.25, 0.3) is 5.91 Å². The summed E-state index contributed by atoms with van der Waals surface area (Å²) in [5, 5.41) is 7.08. The third kappa shape index (κ3) is 4.19. The van der Waals surface area contributed by atoms with E-state index in [0.29, 0.717) is 17.7 Å². The van der Waals surface area contributed by atoms with Crippen molar-refractivity contribution in [3.05, 3.63) is 41.9 Å². The molecule has 0 atom stereocenters. The Bertz CT molecular complexity index is 763. The molecule has 1 amide bonds. The summed E-state index contributed by atoms with van der Waals surface area (Å²) in [7, 11) is 1.79. The highest BCUT2D eigenvalue weighted by Crippen LogP contribution is 2.18. The number of carbonyl (C=O) groups excluding carboxylic acids is 2. The van der Waals surface area contributed by atoms with E-state index in [9.17, 15) is 9.59 Å². The number of anilines is 1. The van der Waals surface area contributed by atoms with E-state index in [-0.39, 0.29) is 17.9 Å². The van der Waals surface area contributed by atoms with Crippen molar-refractivity contribution in [2.24, 2.45) is 7.05 Å². The van der Waals surface area contributed by atoms with E-state index in [2.05, 4.69) is 20.3 Å². The first-order chi connectivity index (χ1) is 12.6. The van der Waals surface area contributed by atoms with Crippen molar-refractivity contribution in [2.45, 2.75) is 25.8 Å². The third-order valence-corrected chi connectivity index (χ3v) is 4.38. The van der Waals surface area contributed by atoms with Gasteiger partial charge >= 0.3 is 5.97 Å². The number of amides is 1. The highest BCUT2D eigenvalue weighted by Gasteiger charge is 2.22. The zero-order chi connectivity index (χ0) is 18.5. The van der Waals surface area contributed by atoms with E-state index in [1.807, 2.05) is 6.07 Å². The second-order valence-electron chi connectivity index (χ2n) is 6.26. The molecule has 0 aromatic carbocycles. The Labute approximate surface area is 152 Å². The Balaban J connectivity index is 1.52. The number of pyridine rings is 1. The van der Waals surface area contributed by atoms with Crippen LogP contribution in [-0.2, 0) is 11.8 Å². The van der Waals surface area contributed by atoms with E-state index in [1.165, 1.54) is 0 Å². The molecule has 1 saturated heterocycles. The van der Waals surface area contributed by atoms with Crippen molar-refractivity contribution in [3.8, 4) is 0 Å². The lowest BCUT2D eigenvalue weighted by Crippen LogP contribution is -2.44. The molecule has 26 heavy (non-hydrogen) atoms. The lowest BCUT2D eigenvalue weighted by atomic mass is 10.0. The maximum Gasteiger partial charge on any atom is 0.339 e. The number of aromatic nitrogens is 3. The van der Waals surface area contributed by atoms with Crippen LogP contribution >= 0.6 is 0 Å². The van der Waals surface area contributed by atoms with Gasteiger partial charge in [-0.05, 0) is 31.9 Å². The minimum atomic E-state index is -0.358. The molecule has 0 aliphatic carbocycles. The van der Waals surface area contributed by atoms with E-state index in [4.69, 9.17) is 4.74 Å². The molecule has 8 nitrogen and oxygen atoms in total. The van der Waals surface area contributed by atoms with E-state index < -0.39 is 0 Å². The van der Waals surface area contributed by atoms with Gasteiger partial charge in [-0.3, -0.25) is 9.48 Å². The Morgan fingerprint density at radius 1 is 1.23 bits per heavy atom. The van der Waals surface area contributed by atoms with Crippen molar-refractivity contribution >= 4 is 17.7 Å². The highest BCUT2D eigenvalue weighted by atomic mass is 16.5. The molecule has 3 heterocycles. The van der Waals surface area contributed by atoms with Crippen molar-refractivity contribution in [1.82, 2.24) is 20.1 Å². The van der Waals surface area contributed by atoms with Gasteiger partial charge in [-0.1, -0.05) is 0 Å². The number of rotatable bonds is 5. The van der Waals surface area contributed by atoms with Gasteiger partial charge in [0.05, 0.1) is 23.9 Å². The SMILES string of the molecule is CCOC(=O)c1ccc(N2CCC(NC(=O)c3cnn(C)c3)CC2)nc1. The largest absolute Gasteiger partial charge is 0.462 e. The van der Waals surface area contributed by atoms with E-state index in [1.54, 1.807) is 43.3 Å². The predicted octanol–water partition coefficient (Wildman–Crippen LogP) is 1.39. The van der Waals surface area contributed by atoms with Crippen LogP contribution in [0.5, 0.6) is 0 Å². The van der Waals surface area contributed by atoms with Crippen LogP contribution in [0.4, 0.5) is 5.82 Å². The standard InChI is InChI=1S/C18H23N5O3/c1-3-26-18(25)13-4-5-16(19-10-13)23-8-6-15(7-9-23)21-17(24)14-11-20-22(2)12-14/h4-5,10-12,15H,3,6-9H2,1-2H3,(H,21,24). The van der Waals surface area contributed by atoms with Crippen LogP contribution in [-0.4, -0.2) is 52.4 Å². The van der Waals surface area contributed by atoms with Crippen LogP contribution in [0.1, 0.15) is 40.5 Å². The number of hydrogen-bond donors (Lipinski definition) is 1. The molecule has 3 rings (SSSR count). The molecule has 2 aromatic heterocycles. The second kappa shape index (κ2) is 7.99. The van der Waals surface area contributed by atoms with Gasteiger partial charge in [0, 0.05) is 38.6 Å². The summed E-state index contributed by atoms with van der Waals surface area (Å²) in [6, 6.07) is 3.70. The first-order valence-corrected chi connectivity index (χ1v) is 8.74. The molecule has 138 valence electrons. The fraction of sp³-hybridized carbons (Fsp3) is 0.444. The fourth-order valence-corrected chi connectivity index (χ4v) is 2.97. The molecule has 2 aromatic rings. The fourth-order valence-electron chi connectivity index (χ4n) is 2.97. The number of nitrogens with zero attached hydrogens (tertiary/aromatic N) is 4. The van der Waals surface area contributed by atoms with Gasteiger partial charge in [-0.25, -0.2) is 9.78 Å². The number of esters is 1. The molecule has 1 N–H and O–H groups in total. The number of ether oxygens (including phenoxy) is 1. The summed E-state index contributed by atoms with van der Waals surface area (Å²) in [4.78, 5) is 30.4. The molecular formula is C18H23N5O3. The minimum Gasteiger partial charge on any atom is -0.462 e.